The molecule has 2 aromatic heterocycles. The Bertz CT molecular complexity index is 1130. The van der Waals surface area contributed by atoms with Crippen LogP contribution in [-0.2, 0) is 19.5 Å². The molecule has 32 heavy (non-hydrogen) atoms. The molecule has 4 aromatic rings. The lowest BCUT2D eigenvalue weighted by atomic mass is 10.1. The van der Waals surface area contributed by atoms with Gasteiger partial charge in [-0.2, -0.15) is 0 Å². The number of aryl methyl sites for hydroxylation is 1. The predicted molar refractivity (Wildman–Crippen MR) is 143 cm³/mol. The van der Waals surface area contributed by atoms with Gasteiger partial charge in [0.05, 0.1) is 12.9 Å². The standard InChI is InChI=1S/C25H30N6.HI/c1-3-27-25(28-11-10-22-16-29-24-14-19(2)4-9-23(22)24)30-15-20-5-7-21(8-6-20)17-31-13-12-26-18-31;/h4-9,12-14,16,18,29H,3,10-11,15,17H2,1-2H3,(H2,27,28,30);1H. The van der Waals surface area contributed by atoms with E-state index in [-0.39, 0.29) is 24.0 Å². The van der Waals surface area contributed by atoms with Crippen molar-refractivity contribution >= 4 is 40.8 Å². The number of nitrogens with one attached hydrogen (secondary N) is 3. The number of rotatable bonds is 8. The summed E-state index contributed by atoms with van der Waals surface area (Å²) in [5.74, 6) is 0.848. The number of nitrogens with zero attached hydrogens (tertiary/aromatic N) is 3. The van der Waals surface area contributed by atoms with Crippen molar-refractivity contribution in [1.82, 2.24) is 25.2 Å². The first-order valence-corrected chi connectivity index (χ1v) is 10.8. The van der Waals surface area contributed by atoms with Crippen molar-refractivity contribution < 1.29 is 0 Å². The van der Waals surface area contributed by atoms with Crippen LogP contribution in [0.5, 0.6) is 0 Å². The van der Waals surface area contributed by atoms with Gasteiger partial charge in [-0.25, -0.2) is 9.98 Å². The second-order valence-electron chi connectivity index (χ2n) is 7.79. The second-order valence-corrected chi connectivity index (χ2v) is 7.79. The monoisotopic (exact) mass is 542 g/mol. The third-order valence-electron chi connectivity index (χ3n) is 5.32. The molecule has 0 radical (unpaired) electrons. The van der Waals surface area contributed by atoms with Crippen molar-refractivity contribution in [1.29, 1.82) is 0 Å². The van der Waals surface area contributed by atoms with Crippen molar-refractivity contribution in [3.63, 3.8) is 0 Å². The molecule has 0 saturated carbocycles. The molecule has 0 spiro atoms. The van der Waals surface area contributed by atoms with Crippen molar-refractivity contribution in [2.75, 3.05) is 13.1 Å². The highest BCUT2D eigenvalue weighted by atomic mass is 127. The van der Waals surface area contributed by atoms with Gasteiger partial charge in [0.15, 0.2) is 5.96 Å². The van der Waals surface area contributed by atoms with E-state index in [0.717, 1.165) is 32.0 Å². The largest absolute Gasteiger partial charge is 0.361 e. The molecule has 0 aliphatic rings. The van der Waals surface area contributed by atoms with Crippen LogP contribution in [0.1, 0.15) is 29.2 Å². The maximum atomic E-state index is 4.75. The molecule has 0 unspecified atom stereocenters. The summed E-state index contributed by atoms with van der Waals surface area (Å²) in [4.78, 5) is 12.2. The normalized spacial score (nSPS) is 11.4. The number of H-pyrrole nitrogens is 1. The highest BCUT2D eigenvalue weighted by molar-refractivity contribution is 14.0. The zero-order valence-electron chi connectivity index (χ0n) is 18.6. The summed E-state index contributed by atoms with van der Waals surface area (Å²) < 4.78 is 2.06. The van der Waals surface area contributed by atoms with E-state index in [0.29, 0.717) is 6.54 Å². The third kappa shape index (κ3) is 6.35. The summed E-state index contributed by atoms with van der Waals surface area (Å²) in [6.45, 7) is 7.35. The fourth-order valence-corrected chi connectivity index (χ4v) is 3.68. The highest BCUT2D eigenvalue weighted by Crippen LogP contribution is 2.19. The van der Waals surface area contributed by atoms with Gasteiger partial charge in [0.25, 0.3) is 0 Å². The number of benzene rings is 2. The molecule has 0 amide bonds. The van der Waals surface area contributed by atoms with Gasteiger partial charge >= 0.3 is 0 Å². The van der Waals surface area contributed by atoms with Crippen LogP contribution in [0, 0.1) is 6.92 Å². The number of guanidine groups is 1. The predicted octanol–water partition coefficient (Wildman–Crippen LogP) is 4.64. The Kier molecular flexibility index (Phi) is 8.72. The zero-order chi connectivity index (χ0) is 21.5. The van der Waals surface area contributed by atoms with Crippen LogP contribution in [0.15, 0.2) is 72.4 Å². The van der Waals surface area contributed by atoms with Gasteiger partial charge < -0.3 is 20.2 Å². The number of aromatic amines is 1. The summed E-state index contributed by atoms with van der Waals surface area (Å²) in [6, 6.07) is 15.2. The lowest BCUT2D eigenvalue weighted by molar-refractivity contribution is 0.794. The van der Waals surface area contributed by atoms with Crippen molar-refractivity contribution in [3.8, 4) is 0 Å². The van der Waals surface area contributed by atoms with Crippen LogP contribution in [0.3, 0.4) is 0 Å². The van der Waals surface area contributed by atoms with E-state index in [1.165, 1.54) is 33.2 Å². The quantitative estimate of drug-likeness (QED) is 0.173. The van der Waals surface area contributed by atoms with Crippen LogP contribution in [-0.4, -0.2) is 33.6 Å². The molecule has 7 heteroatoms. The number of halogens is 1. The van der Waals surface area contributed by atoms with E-state index < -0.39 is 0 Å². The average molecular weight is 542 g/mol. The van der Waals surface area contributed by atoms with E-state index in [1.54, 1.807) is 6.20 Å². The Hall–Kier alpha value is -2.81. The minimum atomic E-state index is 0. The minimum absolute atomic E-state index is 0. The van der Waals surface area contributed by atoms with E-state index >= 15 is 0 Å². The Balaban J connectivity index is 0.00000289. The molecule has 2 heterocycles. The fraction of sp³-hybridized carbons (Fsp3) is 0.280. The molecule has 2 aromatic carbocycles. The zero-order valence-corrected chi connectivity index (χ0v) is 21.0. The second kappa shape index (κ2) is 11.7. The van der Waals surface area contributed by atoms with Crippen LogP contribution in [0.25, 0.3) is 10.9 Å². The van der Waals surface area contributed by atoms with E-state index in [1.807, 2.05) is 12.5 Å². The molecule has 3 N–H and O–H groups in total. The van der Waals surface area contributed by atoms with Gasteiger partial charge in [-0.1, -0.05) is 36.4 Å². The van der Waals surface area contributed by atoms with Crippen LogP contribution in [0.4, 0.5) is 0 Å². The summed E-state index contributed by atoms with van der Waals surface area (Å²) in [6.07, 6.45) is 8.67. The highest BCUT2D eigenvalue weighted by Gasteiger charge is 2.05. The summed E-state index contributed by atoms with van der Waals surface area (Å²) >= 11 is 0. The lowest BCUT2D eigenvalue weighted by Crippen LogP contribution is -2.38. The first-order chi connectivity index (χ1) is 15.2. The number of imidazole rings is 1. The van der Waals surface area contributed by atoms with E-state index in [2.05, 4.69) is 87.7 Å². The van der Waals surface area contributed by atoms with E-state index in [4.69, 9.17) is 4.99 Å². The molecule has 0 fully saturated rings. The Morgan fingerprint density at radius 2 is 1.91 bits per heavy atom. The molecule has 6 nitrogen and oxygen atoms in total. The Labute approximate surface area is 206 Å². The summed E-state index contributed by atoms with van der Waals surface area (Å²) in [7, 11) is 0. The van der Waals surface area contributed by atoms with Crippen LogP contribution < -0.4 is 10.6 Å². The molecule has 0 aliphatic carbocycles. The van der Waals surface area contributed by atoms with E-state index in [9.17, 15) is 0 Å². The SMILES string of the molecule is CCNC(=NCc1ccc(Cn2ccnc2)cc1)NCCc1c[nH]c2cc(C)ccc12.I. The number of hydrogen-bond donors (Lipinski definition) is 3. The maximum absolute atomic E-state index is 4.75. The molecule has 4 rings (SSSR count). The molecular formula is C25H31IN6. The van der Waals surface area contributed by atoms with Gasteiger partial charge in [-0.15, -0.1) is 24.0 Å². The van der Waals surface area contributed by atoms with Crippen LogP contribution >= 0.6 is 24.0 Å². The minimum Gasteiger partial charge on any atom is -0.361 e. The number of aliphatic imine (C=N–C) groups is 1. The smallest absolute Gasteiger partial charge is 0.191 e. The molecule has 0 saturated heterocycles. The molecule has 0 aliphatic heterocycles. The number of hydrogen-bond acceptors (Lipinski definition) is 2. The summed E-state index contributed by atoms with van der Waals surface area (Å²) in [5.41, 5.74) is 6.25. The average Bonchev–Trinajstić information content (AvgIpc) is 3.43. The lowest BCUT2D eigenvalue weighted by Gasteiger charge is -2.11. The van der Waals surface area contributed by atoms with Crippen molar-refractivity contribution in [2.24, 2.45) is 4.99 Å². The van der Waals surface area contributed by atoms with Crippen molar-refractivity contribution in [3.05, 3.63) is 89.6 Å². The molecular weight excluding hydrogens is 511 g/mol. The number of fused-ring (bicyclic) bond motifs is 1. The first kappa shape index (κ1) is 23.8. The topological polar surface area (TPSA) is 70.0 Å². The molecule has 168 valence electrons. The van der Waals surface area contributed by atoms with Gasteiger partial charge in [0.1, 0.15) is 0 Å². The Morgan fingerprint density at radius 1 is 1.09 bits per heavy atom. The number of aromatic nitrogens is 3. The van der Waals surface area contributed by atoms with Crippen LogP contribution in [0.2, 0.25) is 0 Å². The Morgan fingerprint density at radius 3 is 2.66 bits per heavy atom. The summed E-state index contributed by atoms with van der Waals surface area (Å²) in [5, 5.41) is 8.10. The maximum Gasteiger partial charge on any atom is 0.191 e. The molecule has 0 bridgehead atoms. The first-order valence-electron chi connectivity index (χ1n) is 10.8. The van der Waals surface area contributed by atoms with Gasteiger partial charge in [-0.3, -0.25) is 0 Å². The molecule has 0 atom stereocenters. The van der Waals surface area contributed by atoms with Crippen molar-refractivity contribution in [2.45, 2.75) is 33.4 Å². The fourth-order valence-electron chi connectivity index (χ4n) is 3.68. The van der Waals surface area contributed by atoms with Gasteiger partial charge in [-0.05, 0) is 48.6 Å². The third-order valence-corrected chi connectivity index (χ3v) is 5.32. The van der Waals surface area contributed by atoms with Gasteiger partial charge in [0.2, 0.25) is 0 Å². The van der Waals surface area contributed by atoms with Gasteiger partial charge in [0, 0.05) is 49.1 Å².